The Morgan fingerprint density at radius 1 is 1.36 bits per heavy atom. The number of carbonyl (C=O) groups is 1. The monoisotopic (exact) mass is 381 g/mol. The fraction of sp³-hybridized carbons (Fsp3) is 0.529. The molecule has 2 aromatic rings. The maximum Gasteiger partial charge on any atom is 0.339 e. The van der Waals surface area contributed by atoms with E-state index < -0.39 is 0 Å². The molecule has 0 unspecified atom stereocenters. The quantitative estimate of drug-likeness (QED) is 0.656. The highest BCUT2D eigenvalue weighted by Crippen LogP contribution is 2.40. The number of benzene rings is 1. The van der Waals surface area contributed by atoms with Gasteiger partial charge in [-0.25, -0.2) is 9.78 Å². The highest BCUT2D eigenvalue weighted by Gasteiger charge is 2.24. The lowest BCUT2D eigenvalue weighted by Gasteiger charge is -2.26. The first-order chi connectivity index (χ1) is 10.6. The van der Waals surface area contributed by atoms with Crippen LogP contribution in [0.4, 0.5) is 0 Å². The van der Waals surface area contributed by atoms with Gasteiger partial charge in [0, 0.05) is 10.4 Å². The third kappa shape index (κ3) is 3.06. The number of ether oxygens (including phenoxy) is 1. The third-order valence-corrected chi connectivity index (χ3v) is 6.51. The van der Waals surface area contributed by atoms with Gasteiger partial charge in [0.1, 0.15) is 0 Å². The van der Waals surface area contributed by atoms with E-state index in [1.807, 2.05) is 12.1 Å². The minimum Gasteiger partial charge on any atom is -0.465 e. The molecule has 0 saturated heterocycles. The highest BCUT2D eigenvalue weighted by molar-refractivity contribution is 9.10. The van der Waals surface area contributed by atoms with Crippen LogP contribution in [0.5, 0.6) is 0 Å². The van der Waals surface area contributed by atoms with Gasteiger partial charge in [-0.05, 0) is 59.7 Å². The first-order valence-electron chi connectivity index (χ1n) is 7.80. The zero-order valence-electron chi connectivity index (χ0n) is 12.9. The number of aromatic nitrogens is 1. The Labute approximate surface area is 143 Å². The van der Waals surface area contributed by atoms with Crippen LogP contribution in [0.15, 0.2) is 16.6 Å². The molecule has 5 heteroatoms. The van der Waals surface area contributed by atoms with Crippen LogP contribution >= 0.6 is 27.3 Å². The van der Waals surface area contributed by atoms with Crippen molar-refractivity contribution in [1.82, 2.24) is 4.98 Å². The van der Waals surface area contributed by atoms with Crippen molar-refractivity contribution in [2.24, 2.45) is 5.92 Å². The summed E-state index contributed by atoms with van der Waals surface area (Å²) in [6, 6.07) is 3.82. The highest BCUT2D eigenvalue weighted by atomic mass is 79.9. The van der Waals surface area contributed by atoms with Crippen LogP contribution in [-0.4, -0.2) is 18.1 Å². The second-order valence-corrected chi connectivity index (χ2v) is 7.89. The Kier molecular flexibility index (Phi) is 4.83. The van der Waals surface area contributed by atoms with Crippen LogP contribution in [0, 0.1) is 5.92 Å². The molecule has 0 aliphatic heterocycles. The van der Waals surface area contributed by atoms with Gasteiger partial charge in [0.15, 0.2) is 0 Å². The number of hydrogen-bond donors (Lipinski definition) is 0. The van der Waals surface area contributed by atoms with Crippen LogP contribution < -0.4 is 0 Å². The minimum absolute atomic E-state index is 0.327. The molecule has 3 nitrogen and oxygen atoms in total. The topological polar surface area (TPSA) is 39.2 Å². The summed E-state index contributed by atoms with van der Waals surface area (Å²) in [7, 11) is 1.40. The van der Waals surface area contributed by atoms with Gasteiger partial charge >= 0.3 is 5.97 Å². The number of fused-ring (bicyclic) bond motifs is 1. The molecule has 0 atom stereocenters. The zero-order valence-corrected chi connectivity index (χ0v) is 15.3. The predicted molar refractivity (Wildman–Crippen MR) is 93.6 cm³/mol. The number of esters is 1. The van der Waals surface area contributed by atoms with E-state index in [-0.39, 0.29) is 5.97 Å². The predicted octanol–water partition coefficient (Wildman–Crippen LogP) is 5.53. The molecular formula is C17H20BrNO2S. The Bertz CT molecular complexity index is 689. The number of carbonyl (C=O) groups excluding carboxylic acids is 1. The van der Waals surface area contributed by atoms with E-state index >= 15 is 0 Å². The van der Waals surface area contributed by atoms with Crippen molar-refractivity contribution >= 4 is 43.5 Å². The van der Waals surface area contributed by atoms with Gasteiger partial charge in [-0.15, -0.1) is 11.3 Å². The summed E-state index contributed by atoms with van der Waals surface area (Å²) in [6.45, 7) is 2.29. The van der Waals surface area contributed by atoms with Gasteiger partial charge in [0.25, 0.3) is 0 Å². The molecular weight excluding hydrogens is 362 g/mol. The fourth-order valence-electron chi connectivity index (χ4n) is 3.23. The number of halogens is 1. The Morgan fingerprint density at radius 2 is 2.09 bits per heavy atom. The molecule has 0 N–H and O–H groups in total. The molecule has 0 spiro atoms. The summed E-state index contributed by atoms with van der Waals surface area (Å²) in [5.74, 6) is 1.15. The van der Waals surface area contributed by atoms with Gasteiger partial charge in [-0.1, -0.05) is 13.3 Å². The Balaban J connectivity index is 1.88. The Hall–Kier alpha value is -0.940. The molecule has 1 aromatic carbocycles. The third-order valence-electron chi connectivity index (χ3n) is 4.67. The average molecular weight is 382 g/mol. The summed E-state index contributed by atoms with van der Waals surface area (Å²) in [6.07, 6.45) is 6.40. The van der Waals surface area contributed by atoms with E-state index in [1.54, 1.807) is 11.3 Å². The molecule has 118 valence electrons. The lowest BCUT2D eigenvalue weighted by atomic mass is 9.81. The molecule has 1 saturated carbocycles. The molecule has 1 aliphatic carbocycles. The molecule has 1 heterocycles. The molecule has 0 radical (unpaired) electrons. The molecule has 3 rings (SSSR count). The van der Waals surface area contributed by atoms with Gasteiger partial charge < -0.3 is 4.74 Å². The van der Waals surface area contributed by atoms with Crippen molar-refractivity contribution < 1.29 is 9.53 Å². The van der Waals surface area contributed by atoms with Crippen LogP contribution in [0.1, 0.15) is 60.3 Å². The number of thiazole rings is 1. The molecule has 0 bridgehead atoms. The van der Waals surface area contributed by atoms with E-state index in [2.05, 4.69) is 22.9 Å². The lowest BCUT2D eigenvalue weighted by molar-refractivity contribution is 0.0600. The molecule has 1 aromatic heterocycles. The van der Waals surface area contributed by atoms with Crippen LogP contribution in [0.25, 0.3) is 10.2 Å². The van der Waals surface area contributed by atoms with Crippen molar-refractivity contribution in [3.8, 4) is 0 Å². The molecule has 1 fully saturated rings. The van der Waals surface area contributed by atoms with Crippen molar-refractivity contribution in [3.63, 3.8) is 0 Å². The van der Waals surface area contributed by atoms with Crippen LogP contribution in [0.2, 0.25) is 0 Å². The van der Waals surface area contributed by atoms with Gasteiger partial charge in [0.05, 0.1) is 27.9 Å². The zero-order chi connectivity index (χ0) is 15.7. The molecule has 0 amide bonds. The molecule has 22 heavy (non-hydrogen) atoms. The number of nitrogens with zero attached hydrogens (tertiary/aromatic N) is 1. The second-order valence-electron chi connectivity index (χ2n) is 5.97. The van der Waals surface area contributed by atoms with E-state index in [0.29, 0.717) is 11.5 Å². The minimum atomic E-state index is -0.327. The second kappa shape index (κ2) is 6.67. The summed E-state index contributed by atoms with van der Waals surface area (Å²) in [4.78, 5) is 16.6. The van der Waals surface area contributed by atoms with E-state index in [0.717, 1.165) is 20.6 Å². The van der Waals surface area contributed by atoms with Crippen LogP contribution in [0.3, 0.4) is 0 Å². The van der Waals surface area contributed by atoms with Crippen molar-refractivity contribution in [2.75, 3.05) is 7.11 Å². The maximum atomic E-state index is 11.8. The average Bonchev–Trinajstić information content (AvgIpc) is 2.96. The van der Waals surface area contributed by atoms with E-state index in [4.69, 9.17) is 9.72 Å². The largest absolute Gasteiger partial charge is 0.465 e. The number of hydrogen-bond acceptors (Lipinski definition) is 4. The van der Waals surface area contributed by atoms with Gasteiger partial charge in [-0.3, -0.25) is 0 Å². The number of rotatable bonds is 3. The first-order valence-corrected chi connectivity index (χ1v) is 9.41. The first kappa shape index (κ1) is 15.9. The van der Waals surface area contributed by atoms with E-state index in [1.165, 1.54) is 44.2 Å². The van der Waals surface area contributed by atoms with Crippen molar-refractivity contribution in [2.45, 2.75) is 44.9 Å². The van der Waals surface area contributed by atoms with Crippen molar-refractivity contribution in [3.05, 3.63) is 27.2 Å². The van der Waals surface area contributed by atoms with Crippen LogP contribution in [-0.2, 0) is 4.74 Å². The summed E-state index contributed by atoms with van der Waals surface area (Å²) in [5.41, 5.74) is 1.45. The SMILES string of the molecule is CCC1CCC(c2nc3cc(C(=O)OC)c(Br)cc3s2)CC1. The van der Waals surface area contributed by atoms with Crippen molar-refractivity contribution in [1.29, 1.82) is 0 Å². The normalized spacial score (nSPS) is 22.0. The molecule has 1 aliphatic rings. The van der Waals surface area contributed by atoms with Gasteiger partial charge in [0.2, 0.25) is 0 Å². The summed E-state index contributed by atoms with van der Waals surface area (Å²) >= 11 is 5.22. The maximum absolute atomic E-state index is 11.8. The van der Waals surface area contributed by atoms with E-state index in [9.17, 15) is 4.79 Å². The summed E-state index contributed by atoms with van der Waals surface area (Å²) in [5, 5.41) is 1.22. The standard InChI is InChI=1S/C17H20BrNO2S/c1-3-10-4-6-11(7-5-10)16-19-14-8-12(17(20)21-2)13(18)9-15(14)22-16/h8-11H,3-7H2,1-2H3. The Morgan fingerprint density at radius 3 is 2.73 bits per heavy atom. The number of methoxy groups -OCH3 is 1. The fourth-order valence-corrected chi connectivity index (χ4v) is 5.04. The summed E-state index contributed by atoms with van der Waals surface area (Å²) < 4.78 is 6.73. The smallest absolute Gasteiger partial charge is 0.339 e. The lowest BCUT2D eigenvalue weighted by Crippen LogP contribution is -2.12. The van der Waals surface area contributed by atoms with Gasteiger partial charge in [-0.2, -0.15) is 0 Å².